The number of hydrogen-bond acceptors (Lipinski definition) is 4. The molecule has 3 rings (SSSR count). The lowest BCUT2D eigenvalue weighted by atomic mass is 10.1. The predicted octanol–water partition coefficient (Wildman–Crippen LogP) is 3.91. The minimum Gasteiger partial charge on any atom is -0.357 e. The third kappa shape index (κ3) is 2.37. The van der Waals surface area contributed by atoms with Crippen molar-refractivity contribution in [3.05, 3.63) is 47.6 Å². The maximum absolute atomic E-state index is 2.37. The highest BCUT2D eigenvalue weighted by Crippen LogP contribution is 2.37. The molecule has 124 valence electrons. The SMILES string of the molecule is CC1=CN(c2cccc(N3C=C(C)N(C)[C@@H]3C)c2C)[C@H](C)N1C. The highest BCUT2D eigenvalue weighted by molar-refractivity contribution is 5.70. The van der Waals surface area contributed by atoms with Gasteiger partial charge in [-0.3, -0.25) is 0 Å². The van der Waals surface area contributed by atoms with E-state index in [-0.39, 0.29) is 0 Å². The molecule has 1 aromatic carbocycles. The molecule has 2 aliphatic rings. The van der Waals surface area contributed by atoms with Gasteiger partial charge in [0.2, 0.25) is 0 Å². The maximum Gasteiger partial charge on any atom is 0.102 e. The molecule has 0 aromatic heterocycles. The van der Waals surface area contributed by atoms with Gasteiger partial charge in [-0.15, -0.1) is 0 Å². The Bertz CT molecular complexity index is 622. The van der Waals surface area contributed by atoms with Crippen LogP contribution in [-0.4, -0.2) is 36.2 Å². The highest BCUT2D eigenvalue weighted by Gasteiger charge is 2.29. The summed E-state index contributed by atoms with van der Waals surface area (Å²) in [5, 5.41) is 0. The lowest BCUT2D eigenvalue weighted by molar-refractivity contribution is 0.356. The predicted molar refractivity (Wildman–Crippen MR) is 98.1 cm³/mol. The fraction of sp³-hybridized carbons (Fsp3) is 0.474. The van der Waals surface area contributed by atoms with Crippen LogP contribution < -0.4 is 9.80 Å². The molecule has 0 amide bonds. The van der Waals surface area contributed by atoms with Crippen molar-refractivity contribution in [1.29, 1.82) is 0 Å². The molecule has 1 aromatic rings. The van der Waals surface area contributed by atoms with E-state index in [1.165, 1.54) is 28.3 Å². The second kappa shape index (κ2) is 5.52. The lowest BCUT2D eigenvalue weighted by Gasteiger charge is -2.32. The summed E-state index contributed by atoms with van der Waals surface area (Å²) in [4.78, 5) is 9.36. The van der Waals surface area contributed by atoms with Crippen molar-refractivity contribution in [2.24, 2.45) is 0 Å². The average Bonchev–Trinajstić information content (AvgIpc) is 2.93. The normalized spacial score (nSPS) is 24.5. The van der Waals surface area contributed by atoms with Gasteiger partial charge < -0.3 is 19.6 Å². The van der Waals surface area contributed by atoms with Crippen LogP contribution in [0.5, 0.6) is 0 Å². The second-order valence-electron chi connectivity index (χ2n) is 6.76. The third-order valence-corrected chi connectivity index (χ3v) is 5.52. The molecule has 4 heteroatoms. The largest absolute Gasteiger partial charge is 0.357 e. The van der Waals surface area contributed by atoms with Gasteiger partial charge in [0.05, 0.1) is 0 Å². The summed E-state index contributed by atoms with van der Waals surface area (Å²) in [6, 6.07) is 6.61. The van der Waals surface area contributed by atoms with E-state index < -0.39 is 0 Å². The molecule has 23 heavy (non-hydrogen) atoms. The third-order valence-electron chi connectivity index (χ3n) is 5.52. The van der Waals surface area contributed by atoms with Crippen LogP contribution in [0.15, 0.2) is 42.0 Å². The zero-order valence-corrected chi connectivity index (χ0v) is 15.3. The molecule has 0 saturated carbocycles. The Morgan fingerprint density at radius 2 is 1.13 bits per heavy atom. The molecule has 0 spiro atoms. The minimum atomic E-state index is 0.347. The Labute approximate surface area is 140 Å². The Morgan fingerprint density at radius 3 is 1.43 bits per heavy atom. The molecular formula is C19H28N4. The van der Waals surface area contributed by atoms with Crippen LogP contribution in [0.3, 0.4) is 0 Å². The van der Waals surface area contributed by atoms with Crippen molar-refractivity contribution in [2.45, 2.75) is 47.0 Å². The van der Waals surface area contributed by atoms with Crippen LogP contribution in [0.1, 0.15) is 33.3 Å². The molecule has 2 aliphatic heterocycles. The number of allylic oxidation sites excluding steroid dienone is 2. The van der Waals surface area contributed by atoms with Crippen molar-refractivity contribution in [2.75, 3.05) is 23.9 Å². The van der Waals surface area contributed by atoms with Gasteiger partial charge in [-0.1, -0.05) is 6.07 Å². The molecule has 4 nitrogen and oxygen atoms in total. The molecule has 0 radical (unpaired) electrons. The van der Waals surface area contributed by atoms with Gasteiger partial charge >= 0.3 is 0 Å². The standard InChI is InChI=1S/C19H28N4/c1-13-11-22(16(4)20(13)6)18-9-8-10-19(15(18)3)23-12-14(2)21(7)17(23)5/h8-12,16-17H,1-7H3/t16-,17+. The molecule has 0 bridgehead atoms. The first-order valence-corrected chi connectivity index (χ1v) is 8.31. The number of benzene rings is 1. The Hall–Kier alpha value is -2.10. The zero-order chi connectivity index (χ0) is 16.9. The summed E-state index contributed by atoms with van der Waals surface area (Å²) in [5.41, 5.74) is 6.49. The summed E-state index contributed by atoms with van der Waals surface area (Å²) in [5.74, 6) is 0. The number of hydrogen-bond donors (Lipinski definition) is 0. The number of nitrogens with zero attached hydrogens (tertiary/aromatic N) is 4. The first-order valence-electron chi connectivity index (χ1n) is 8.31. The molecule has 0 fully saturated rings. The van der Waals surface area contributed by atoms with Crippen molar-refractivity contribution < 1.29 is 0 Å². The van der Waals surface area contributed by atoms with Crippen LogP contribution in [0.25, 0.3) is 0 Å². The fourth-order valence-electron chi connectivity index (χ4n) is 3.48. The first kappa shape index (κ1) is 15.8. The van der Waals surface area contributed by atoms with Gasteiger partial charge in [0.15, 0.2) is 0 Å². The van der Waals surface area contributed by atoms with E-state index >= 15 is 0 Å². The van der Waals surface area contributed by atoms with Crippen molar-refractivity contribution in [3.8, 4) is 0 Å². The summed E-state index contributed by atoms with van der Waals surface area (Å²) < 4.78 is 0. The molecule has 0 N–H and O–H groups in total. The molecule has 2 atom stereocenters. The van der Waals surface area contributed by atoms with Crippen LogP contribution in [0, 0.1) is 6.92 Å². The molecule has 0 aliphatic carbocycles. The van der Waals surface area contributed by atoms with Crippen LogP contribution in [-0.2, 0) is 0 Å². The zero-order valence-electron chi connectivity index (χ0n) is 15.3. The fourth-order valence-corrected chi connectivity index (χ4v) is 3.48. The monoisotopic (exact) mass is 312 g/mol. The highest BCUT2D eigenvalue weighted by atomic mass is 15.4. The van der Waals surface area contributed by atoms with Gasteiger partial charge in [0.1, 0.15) is 12.3 Å². The molecular weight excluding hydrogens is 284 g/mol. The summed E-state index contributed by atoms with van der Waals surface area (Å²) in [6.45, 7) is 11.1. The van der Waals surface area contributed by atoms with E-state index in [2.05, 4.69) is 98.9 Å². The lowest BCUT2D eigenvalue weighted by Crippen LogP contribution is -2.36. The molecule has 0 saturated heterocycles. The Morgan fingerprint density at radius 1 is 0.739 bits per heavy atom. The number of rotatable bonds is 2. The van der Waals surface area contributed by atoms with E-state index in [9.17, 15) is 0 Å². The summed E-state index contributed by atoms with van der Waals surface area (Å²) >= 11 is 0. The van der Waals surface area contributed by atoms with Gasteiger partial charge in [0.25, 0.3) is 0 Å². The van der Waals surface area contributed by atoms with Gasteiger partial charge in [-0.25, -0.2) is 0 Å². The van der Waals surface area contributed by atoms with Crippen molar-refractivity contribution in [1.82, 2.24) is 9.80 Å². The molecule has 2 heterocycles. The topological polar surface area (TPSA) is 13.0 Å². The van der Waals surface area contributed by atoms with E-state index in [4.69, 9.17) is 0 Å². The van der Waals surface area contributed by atoms with Crippen LogP contribution in [0.4, 0.5) is 11.4 Å². The Balaban J connectivity index is 2.01. The first-order chi connectivity index (χ1) is 10.8. The summed E-state index contributed by atoms with van der Waals surface area (Å²) in [6.07, 6.45) is 5.19. The smallest absolute Gasteiger partial charge is 0.102 e. The van der Waals surface area contributed by atoms with E-state index in [0.717, 1.165) is 0 Å². The maximum atomic E-state index is 2.37. The summed E-state index contributed by atoms with van der Waals surface area (Å²) in [7, 11) is 4.30. The van der Waals surface area contributed by atoms with Crippen molar-refractivity contribution >= 4 is 11.4 Å². The van der Waals surface area contributed by atoms with E-state index in [0.29, 0.717) is 12.3 Å². The quantitative estimate of drug-likeness (QED) is 0.820. The average molecular weight is 312 g/mol. The van der Waals surface area contributed by atoms with Gasteiger partial charge in [-0.2, -0.15) is 0 Å². The van der Waals surface area contributed by atoms with E-state index in [1.807, 2.05) is 0 Å². The van der Waals surface area contributed by atoms with E-state index in [1.54, 1.807) is 0 Å². The van der Waals surface area contributed by atoms with Gasteiger partial charge in [0, 0.05) is 49.3 Å². The van der Waals surface area contributed by atoms with Crippen LogP contribution in [0.2, 0.25) is 0 Å². The molecule has 0 unspecified atom stereocenters. The second-order valence-corrected chi connectivity index (χ2v) is 6.76. The minimum absolute atomic E-state index is 0.347. The van der Waals surface area contributed by atoms with Gasteiger partial charge in [-0.05, 0) is 52.3 Å². The number of anilines is 2. The van der Waals surface area contributed by atoms with Crippen molar-refractivity contribution in [3.63, 3.8) is 0 Å². The van der Waals surface area contributed by atoms with Crippen LogP contribution >= 0.6 is 0 Å². The Kier molecular flexibility index (Phi) is 3.78.